The Labute approximate surface area is 169 Å². The Bertz CT molecular complexity index is 965. The Morgan fingerprint density at radius 2 is 1.96 bits per heavy atom. The van der Waals surface area contributed by atoms with Crippen LogP contribution in [0.15, 0.2) is 36.8 Å². The van der Waals surface area contributed by atoms with Gasteiger partial charge in [0.1, 0.15) is 11.5 Å². The number of hydrogen-bond donors (Lipinski definition) is 2. The Kier molecular flexibility index (Phi) is 6.15. The van der Waals surface area contributed by atoms with Gasteiger partial charge in [-0.25, -0.2) is 0 Å². The van der Waals surface area contributed by atoms with E-state index in [1.165, 1.54) is 0 Å². The first kappa shape index (κ1) is 19.7. The molecular weight excluding hydrogens is 376 g/mol. The van der Waals surface area contributed by atoms with Gasteiger partial charge in [-0.2, -0.15) is 10.2 Å². The summed E-state index contributed by atoms with van der Waals surface area (Å²) in [5.74, 6) is 1.35. The number of aromatic nitrogens is 4. The molecule has 3 aromatic rings. The molecule has 9 heteroatoms. The van der Waals surface area contributed by atoms with Crippen LogP contribution in [-0.2, 0) is 13.1 Å². The molecule has 0 aliphatic heterocycles. The number of hydrogen-bond acceptors (Lipinski definition) is 5. The molecular formula is C19H24N6O2S. The second-order valence-electron chi connectivity index (χ2n) is 6.14. The predicted molar refractivity (Wildman–Crippen MR) is 113 cm³/mol. The molecule has 0 aliphatic rings. The highest BCUT2D eigenvalue weighted by molar-refractivity contribution is 7.80. The second-order valence-corrected chi connectivity index (χ2v) is 6.55. The van der Waals surface area contributed by atoms with Crippen LogP contribution in [-0.4, -0.2) is 38.9 Å². The maximum atomic E-state index is 5.41. The molecule has 148 valence electrons. The van der Waals surface area contributed by atoms with Crippen LogP contribution in [0.2, 0.25) is 0 Å². The minimum absolute atomic E-state index is 0.443. The van der Waals surface area contributed by atoms with Crippen molar-refractivity contribution in [2.45, 2.75) is 26.9 Å². The quantitative estimate of drug-likeness (QED) is 0.589. The third-order valence-electron chi connectivity index (χ3n) is 4.38. The van der Waals surface area contributed by atoms with Gasteiger partial charge in [-0.15, -0.1) is 0 Å². The first-order valence-electron chi connectivity index (χ1n) is 8.87. The topological polar surface area (TPSA) is 78.2 Å². The number of nitrogens with one attached hydrogen (secondary N) is 2. The van der Waals surface area contributed by atoms with Gasteiger partial charge in [0.05, 0.1) is 44.5 Å². The largest absolute Gasteiger partial charge is 0.497 e. The van der Waals surface area contributed by atoms with E-state index >= 15 is 0 Å². The summed E-state index contributed by atoms with van der Waals surface area (Å²) >= 11 is 5.41. The fourth-order valence-corrected chi connectivity index (χ4v) is 3.06. The van der Waals surface area contributed by atoms with Crippen LogP contribution >= 0.6 is 12.2 Å². The summed E-state index contributed by atoms with van der Waals surface area (Å²) < 4.78 is 14.4. The van der Waals surface area contributed by atoms with Gasteiger partial charge in [-0.1, -0.05) is 0 Å². The van der Waals surface area contributed by atoms with Crippen LogP contribution in [0.25, 0.3) is 0 Å². The van der Waals surface area contributed by atoms with Crippen molar-refractivity contribution in [3.63, 3.8) is 0 Å². The van der Waals surface area contributed by atoms with Crippen molar-refractivity contribution in [3.05, 3.63) is 48.0 Å². The highest BCUT2D eigenvalue weighted by Gasteiger charge is 2.09. The second kappa shape index (κ2) is 8.75. The van der Waals surface area contributed by atoms with Gasteiger partial charge in [0.15, 0.2) is 5.11 Å². The number of rotatable bonds is 7. The van der Waals surface area contributed by atoms with Crippen LogP contribution < -0.4 is 20.1 Å². The molecule has 0 aliphatic carbocycles. The van der Waals surface area contributed by atoms with Crippen molar-refractivity contribution < 1.29 is 9.47 Å². The number of ether oxygens (including phenoxy) is 2. The SMILES string of the molecule is CCn1ncc(Cn2cc(NC(=S)Nc3ccc(OC)cc3OC)cn2)c1C. The van der Waals surface area contributed by atoms with Gasteiger partial charge in [0, 0.05) is 30.1 Å². The highest BCUT2D eigenvalue weighted by atomic mass is 32.1. The number of benzene rings is 1. The van der Waals surface area contributed by atoms with Crippen molar-refractivity contribution in [3.8, 4) is 11.5 Å². The number of nitrogens with zero attached hydrogens (tertiary/aromatic N) is 4. The molecule has 28 heavy (non-hydrogen) atoms. The van der Waals surface area contributed by atoms with Crippen LogP contribution in [0.5, 0.6) is 11.5 Å². The van der Waals surface area contributed by atoms with Crippen molar-refractivity contribution in [1.82, 2.24) is 19.6 Å². The van der Waals surface area contributed by atoms with E-state index in [9.17, 15) is 0 Å². The Morgan fingerprint density at radius 3 is 2.64 bits per heavy atom. The molecule has 3 rings (SSSR count). The van der Waals surface area contributed by atoms with E-state index in [1.807, 2.05) is 33.9 Å². The Morgan fingerprint density at radius 1 is 1.14 bits per heavy atom. The van der Waals surface area contributed by atoms with Crippen molar-refractivity contribution in [2.75, 3.05) is 24.9 Å². The third-order valence-corrected chi connectivity index (χ3v) is 4.59. The third kappa shape index (κ3) is 4.42. The van der Waals surface area contributed by atoms with Gasteiger partial charge in [0.25, 0.3) is 0 Å². The van der Waals surface area contributed by atoms with Crippen LogP contribution in [0.3, 0.4) is 0 Å². The molecule has 0 atom stereocenters. The lowest BCUT2D eigenvalue weighted by Gasteiger charge is -2.13. The zero-order valence-corrected chi connectivity index (χ0v) is 17.2. The summed E-state index contributed by atoms with van der Waals surface area (Å²) in [6, 6.07) is 5.48. The molecule has 2 N–H and O–H groups in total. The molecule has 2 heterocycles. The van der Waals surface area contributed by atoms with Gasteiger partial charge in [-0.3, -0.25) is 9.36 Å². The number of methoxy groups -OCH3 is 2. The van der Waals surface area contributed by atoms with Crippen LogP contribution in [0.4, 0.5) is 11.4 Å². The summed E-state index contributed by atoms with van der Waals surface area (Å²) in [6.45, 7) is 5.65. The lowest BCUT2D eigenvalue weighted by atomic mass is 10.2. The summed E-state index contributed by atoms with van der Waals surface area (Å²) in [6.07, 6.45) is 5.52. The summed E-state index contributed by atoms with van der Waals surface area (Å²) in [5, 5.41) is 15.5. The molecule has 0 amide bonds. The van der Waals surface area contributed by atoms with Crippen molar-refractivity contribution in [2.24, 2.45) is 0 Å². The minimum Gasteiger partial charge on any atom is -0.497 e. The Balaban J connectivity index is 1.63. The van der Waals surface area contributed by atoms with Crippen molar-refractivity contribution >= 4 is 28.7 Å². The first-order chi connectivity index (χ1) is 13.5. The van der Waals surface area contributed by atoms with E-state index in [0.29, 0.717) is 23.2 Å². The van der Waals surface area contributed by atoms with Gasteiger partial charge in [0.2, 0.25) is 0 Å². The summed E-state index contributed by atoms with van der Waals surface area (Å²) in [7, 11) is 3.21. The Hall–Kier alpha value is -3.07. The molecule has 1 aromatic carbocycles. The first-order valence-corrected chi connectivity index (χ1v) is 9.28. The molecule has 0 saturated heterocycles. The number of aryl methyl sites for hydroxylation is 1. The molecule has 0 saturated carbocycles. The smallest absolute Gasteiger partial charge is 0.175 e. The molecule has 8 nitrogen and oxygen atoms in total. The van der Waals surface area contributed by atoms with E-state index in [1.54, 1.807) is 26.5 Å². The van der Waals surface area contributed by atoms with Gasteiger partial charge in [-0.05, 0) is 38.2 Å². The van der Waals surface area contributed by atoms with Crippen LogP contribution in [0.1, 0.15) is 18.2 Å². The van der Waals surface area contributed by atoms with E-state index in [-0.39, 0.29) is 0 Å². The molecule has 2 aromatic heterocycles. The van der Waals surface area contributed by atoms with Gasteiger partial charge >= 0.3 is 0 Å². The van der Waals surface area contributed by atoms with E-state index < -0.39 is 0 Å². The normalized spacial score (nSPS) is 10.6. The van der Waals surface area contributed by atoms with E-state index in [4.69, 9.17) is 21.7 Å². The van der Waals surface area contributed by atoms with Gasteiger partial charge < -0.3 is 20.1 Å². The molecule has 0 spiro atoms. The monoisotopic (exact) mass is 400 g/mol. The summed E-state index contributed by atoms with van der Waals surface area (Å²) in [5.41, 5.74) is 3.83. The fraction of sp³-hybridized carbons (Fsp3) is 0.316. The standard InChI is InChI=1S/C19H24N6O2S/c1-5-25-13(2)14(9-21-25)11-24-12-15(10-20-24)22-19(28)23-17-7-6-16(26-3)8-18(17)27-4/h6-10,12H,5,11H2,1-4H3,(H2,22,23,28). The van der Waals surface area contributed by atoms with Crippen LogP contribution in [0, 0.1) is 6.92 Å². The lowest BCUT2D eigenvalue weighted by molar-refractivity contribution is 0.395. The summed E-state index contributed by atoms with van der Waals surface area (Å²) in [4.78, 5) is 0. The molecule has 0 unspecified atom stereocenters. The maximum absolute atomic E-state index is 5.41. The fourth-order valence-electron chi connectivity index (χ4n) is 2.83. The van der Waals surface area contributed by atoms with E-state index in [0.717, 1.165) is 29.2 Å². The maximum Gasteiger partial charge on any atom is 0.175 e. The number of thiocarbonyl (C=S) groups is 1. The average molecular weight is 401 g/mol. The lowest BCUT2D eigenvalue weighted by Crippen LogP contribution is -2.19. The van der Waals surface area contributed by atoms with E-state index in [2.05, 4.69) is 34.7 Å². The molecule has 0 fully saturated rings. The van der Waals surface area contributed by atoms with Crippen molar-refractivity contribution in [1.29, 1.82) is 0 Å². The number of anilines is 2. The zero-order valence-electron chi connectivity index (χ0n) is 16.4. The predicted octanol–water partition coefficient (Wildman–Crippen LogP) is 3.28. The zero-order chi connectivity index (χ0) is 20.1. The minimum atomic E-state index is 0.443. The molecule has 0 radical (unpaired) electrons. The highest BCUT2D eigenvalue weighted by Crippen LogP contribution is 2.29. The molecule has 0 bridgehead atoms. The average Bonchev–Trinajstić information content (AvgIpc) is 3.28.